The molecule has 10 heavy (non-hydrogen) atoms. The molecule has 0 saturated carbocycles. The van der Waals surface area contributed by atoms with Crippen LogP contribution in [0, 0.1) is 0 Å². The lowest BCUT2D eigenvalue weighted by atomic mass is 10.7. The first-order valence-electron chi connectivity index (χ1n) is 2.77. The van der Waals surface area contributed by atoms with E-state index in [2.05, 4.69) is 17.7 Å². The van der Waals surface area contributed by atoms with Crippen molar-refractivity contribution in [3.05, 3.63) is 25.3 Å². The van der Waals surface area contributed by atoms with Gasteiger partial charge in [-0.25, -0.2) is 4.39 Å². The Morgan fingerprint density at radius 3 is 2.70 bits per heavy atom. The van der Waals surface area contributed by atoms with Gasteiger partial charge in [0.05, 0.1) is 0 Å². The van der Waals surface area contributed by atoms with Crippen LogP contribution in [0.2, 0.25) is 0 Å². The van der Waals surface area contributed by atoms with Gasteiger partial charge in [0.15, 0.2) is 8.03 Å². The summed E-state index contributed by atoms with van der Waals surface area (Å²) in [5.74, 6) is 0. The Balaban J connectivity index is 3.56. The first-order chi connectivity index (χ1) is 4.70. The number of rotatable bonds is 5. The van der Waals surface area contributed by atoms with Crippen LogP contribution in [-0.2, 0) is 9.09 Å². The molecule has 0 saturated heterocycles. The predicted molar refractivity (Wildman–Crippen MR) is 40.2 cm³/mol. The second-order valence-corrected chi connectivity index (χ2v) is 2.96. The molecule has 2 nitrogen and oxygen atoms in total. The maximum absolute atomic E-state index is 12.2. The molecule has 0 aliphatic heterocycles. The number of allylic oxidation sites excluding steroid dienone is 1. The summed E-state index contributed by atoms with van der Waals surface area (Å²) >= 11 is 0. The Hall–Kier alpha value is -0.400. The molecule has 0 aromatic carbocycles. The quantitative estimate of drug-likeness (QED) is 0.459. The Morgan fingerprint density at radius 1 is 1.70 bits per heavy atom. The van der Waals surface area contributed by atoms with E-state index in [4.69, 9.17) is 0 Å². The van der Waals surface area contributed by atoms with Crippen molar-refractivity contribution in [3.8, 4) is 0 Å². The minimum Gasteiger partial charge on any atom is -0.296 e. The molecule has 0 amide bonds. The van der Waals surface area contributed by atoms with Gasteiger partial charge in [-0.05, 0) is 6.08 Å². The van der Waals surface area contributed by atoms with Crippen LogP contribution < -0.4 is 0 Å². The highest BCUT2D eigenvalue weighted by atomic mass is 31.1. The SMILES string of the molecule is C=CC[PH](=O)OC(F)C=C. The van der Waals surface area contributed by atoms with Crippen molar-refractivity contribution in [1.29, 1.82) is 0 Å². The zero-order chi connectivity index (χ0) is 7.98. The van der Waals surface area contributed by atoms with Gasteiger partial charge in [0.25, 0.3) is 0 Å². The number of alkyl halides is 1. The van der Waals surface area contributed by atoms with E-state index in [0.717, 1.165) is 6.08 Å². The summed E-state index contributed by atoms with van der Waals surface area (Å²) in [6, 6.07) is 0. The van der Waals surface area contributed by atoms with Gasteiger partial charge in [-0.2, -0.15) is 0 Å². The molecule has 0 aliphatic carbocycles. The molecule has 0 aromatic rings. The molecule has 0 radical (unpaired) electrons. The van der Waals surface area contributed by atoms with E-state index in [9.17, 15) is 8.96 Å². The molecule has 0 spiro atoms. The van der Waals surface area contributed by atoms with Crippen LogP contribution in [0.15, 0.2) is 25.3 Å². The van der Waals surface area contributed by atoms with Gasteiger partial charge in [0.2, 0.25) is 6.36 Å². The summed E-state index contributed by atoms with van der Waals surface area (Å²) in [6.07, 6.45) is 0.966. The molecule has 2 unspecified atom stereocenters. The van der Waals surface area contributed by atoms with Crippen molar-refractivity contribution in [2.45, 2.75) is 6.36 Å². The van der Waals surface area contributed by atoms with Crippen molar-refractivity contribution >= 4 is 8.03 Å². The van der Waals surface area contributed by atoms with E-state index in [0.29, 0.717) is 0 Å². The minimum absolute atomic E-state index is 0.207. The number of hydrogen-bond acceptors (Lipinski definition) is 2. The largest absolute Gasteiger partial charge is 0.296 e. The van der Waals surface area contributed by atoms with Crippen LogP contribution in [0.4, 0.5) is 4.39 Å². The molecule has 0 N–H and O–H groups in total. The third kappa shape index (κ3) is 4.48. The van der Waals surface area contributed by atoms with Crippen molar-refractivity contribution in [3.63, 3.8) is 0 Å². The van der Waals surface area contributed by atoms with Crippen molar-refractivity contribution in [2.75, 3.05) is 6.16 Å². The summed E-state index contributed by atoms with van der Waals surface area (Å²) in [7, 11) is -2.27. The maximum atomic E-state index is 12.2. The van der Waals surface area contributed by atoms with Crippen molar-refractivity contribution in [1.82, 2.24) is 0 Å². The van der Waals surface area contributed by atoms with E-state index in [-0.39, 0.29) is 6.16 Å². The van der Waals surface area contributed by atoms with E-state index >= 15 is 0 Å². The highest BCUT2D eigenvalue weighted by Gasteiger charge is 2.03. The Bertz CT molecular complexity index is 147. The van der Waals surface area contributed by atoms with Crippen molar-refractivity contribution in [2.24, 2.45) is 0 Å². The fourth-order valence-electron chi connectivity index (χ4n) is 0.340. The summed E-state index contributed by atoms with van der Waals surface area (Å²) in [5, 5.41) is 0. The molecular weight excluding hydrogens is 154 g/mol. The number of halogens is 1. The third-order valence-corrected chi connectivity index (χ3v) is 1.85. The monoisotopic (exact) mass is 164 g/mol. The fraction of sp³-hybridized carbons (Fsp3) is 0.333. The molecule has 0 rings (SSSR count). The molecule has 0 fully saturated rings. The Kier molecular flexibility index (Phi) is 5.17. The van der Waals surface area contributed by atoms with Crippen LogP contribution in [0.1, 0.15) is 0 Å². The third-order valence-electron chi connectivity index (χ3n) is 0.740. The summed E-state index contributed by atoms with van der Waals surface area (Å²) in [5.41, 5.74) is 0. The number of hydrogen-bond donors (Lipinski definition) is 0. The molecule has 4 heteroatoms. The van der Waals surface area contributed by atoms with E-state index in [1.165, 1.54) is 6.08 Å². The Morgan fingerprint density at radius 2 is 2.30 bits per heavy atom. The smallest absolute Gasteiger partial charge is 0.223 e. The van der Waals surface area contributed by atoms with Gasteiger partial charge in [0.1, 0.15) is 0 Å². The molecular formula is C6H10FO2P. The topological polar surface area (TPSA) is 26.3 Å². The lowest BCUT2D eigenvalue weighted by Crippen LogP contribution is -1.94. The highest BCUT2D eigenvalue weighted by Crippen LogP contribution is 2.24. The zero-order valence-electron chi connectivity index (χ0n) is 5.55. The van der Waals surface area contributed by atoms with E-state index < -0.39 is 14.4 Å². The Labute approximate surface area is 60.3 Å². The lowest BCUT2D eigenvalue weighted by molar-refractivity contribution is 0.125. The molecule has 0 aromatic heterocycles. The summed E-state index contributed by atoms with van der Waals surface area (Å²) in [6.45, 7) is 6.46. The van der Waals surface area contributed by atoms with Gasteiger partial charge in [-0.15, -0.1) is 6.58 Å². The van der Waals surface area contributed by atoms with Gasteiger partial charge in [-0.3, -0.25) is 9.09 Å². The van der Waals surface area contributed by atoms with Crippen LogP contribution in [0.25, 0.3) is 0 Å². The predicted octanol–water partition coefficient (Wildman–Crippen LogP) is 2.15. The maximum Gasteiger partial charge on any atom is 0.223 e. The fourth-order valence-corrected chi connectivity index (χ4v) is 1.02. The van der Waals surface area contributed by atoms with Gasteiger partial charge >= 0.3 is 0 Å². The average molecular weight is 164 g/mol. The molecule has 58 valence electrons. The van der Waals surface area contributed by atoms with Gasteiger partial charge < -0.3 is 0 Å². The molecule has 0 heterocycles. The van der Waals surface area contributed by atoms with E-state index in [1.54, 1.807) is 0 Å². The van der Waals surface area contributed by atoms with Crippen molar-refractivity contribution < 1.29 is 13.5 Å². The van der Waals surface area contributed by atoms with Crippen LogP contribution in [0.5, 0.6) is 0 Å². The first-order valence-corrected chi connectivity index (χ1v) is 4.30. The van der Waals surface area contributed by atoms with Crippen LogP contribution in [-0.4, -0.2) is 12.5 Å². The second-order valence-electron chi connectivity index (χ2n) is 1.57. The lowest BCUT2D eigenvalue weighted by Gasteiger charge is -2.01. The zero-order valence-corrected chi connectivity index (χ0v) is 6.55. The molecule has 2 atom stereocenters. The van der Waals surface area contributed by atoms with Crippen LogP contribution in [0.3, 0.4) is 0 Å². The average Bonchev–Trinajstić information content (AvgIpc) is 1.88. The van der Waals surface area contributed by atoms with E-state index in [1.807, 2.05) is 0 Å². The van der Waals surface area contributed by atoms with Gasteiger partial charge in [-0.1, -0.05) is 12.7 Å². The van der Waals surface area contributed by atoms with Crippen LogP contribution >= 0.6 is 8.03 Å². The normalized spacial score (nSPS) is 15.7. The highest BCUT2D eigenvalue weighted by molar-refractivity contribution is 7.39. The molecule has 0 aliphatic rings. The first kappa shape index (κ1) is 9.60. The standard InChI is InChI=1S/C6H10FO2P/c1-3-5-10(8)9-6(7)4-2/h3-4,6,10H,1-2,5H2. The minimum atomic E-state index is -2.27. The summed E-state index contributed by atoms with van der Waals surface area (Å²) < 4.78 is 27.1. The van der Waals surface area contributed by atoms with Gasteiger partial charge in [0, 0.05) is 6.16 Å². The molecule has 0 bridgehead atoms. The second kappa shape index (κ2) is 5.39. The summed E-state index contributed by atoms with van der Waals surface area (Å²) in [4.78, 5) is 0.